The number of halogens is 2. The van der Waals surface area contributed by atoms with Gasteiger partial charge < -0.3 is 10.8 Å². The minimum absolute atomic E-state index is 0.0636. The van der Waals surface area contributed by atoms with Gasteiger partial charge in [-0.05, 0) is 0 Å². The minimum Gasteiger partial charge on any atom is -0.395 e. The normalized spacial score (nSPS) is 13.3. The smallest absolute Gasteiger partial charge is 0.185 e. The zero-order valence-corrected chi connectivity index (χ0v) is 8.46. The molecule has 0 amide bonds. The summed E-state index contributed by atoms with van der Waals surface area (Å²) < 4.78 is 0.403. The van der Waals surface area contributed by atoms with Crippen LogP contribution in [0.1, 0.15) is 4.88 Å². The number of nitrogens with two attached hydrogens (primary N) is 1. The van der Waals surface area contributed by atoms with Gasteiger partial charge in [0.15, 0.2) is 4.47 Å². The molecule has 0 aromatic carbocycles. The van der Waals surface area contributed by atoms with Crippen molar-refractivity contribution in [1.29, 1.82) is 0 Å². The van der Waals surface area contributed by atoms with Crippen molar-refractivity contribution in [2.75, 3.05) is 6.61 Å². The molecular formula is C6H8Cl2N2OS. The molecule has 1 unspecified atom stereocenters. The maximum atomic E-state index is 8.68. The summed E-state index contributed by atoms with van der Waals surface area (Å²) in [4.78, 5) is 4.63. The molecule has 68 valence electrons. The van der Waals surface area contributed by atoms with Crippen molar-refractivity contribution in [3.05, 3.63) is 14.5 Å². The van der Waals surface area contributed by atoms with Crippen molar-refractivity contribution in [2.45, 2.75) is 12.5 Å². The zero-order chi connectivity index (χ0) is 9.14. The van der Waals surface area contributed by atoms with Crippen LogP contribution in [0.15, 0.2) is 0 Å². The van der Waals surface area contributed by atoms with Crippen molar-refractivity contribution in [2.24, 2.45) is 5.73 Å². The van der Waals surface area contributed by atoms with Gasteiger partial charge in [0.05, 0.1) is 6.61 Å². The van der Waals surface area contributed by atoms with E-state index in [-0.39, 0.29) is 12.6 Å². The van der Waals surface area contributed by atoms with Gasteiger partial charge >= 0.3 is 0 Å². The summed E-state index contributed by atoms with van der Waals surface area (Å²) in [6, 6.07) is -0.293. The Morgan fingerprint density at radius 1 is 1.58 bits per heavy atom. The first-order chi connectivity index (χ1) is 5.63. The molecule has 0 radical (unpaired) electrons. The molecule has 1 aromatic rings. The molecule has 1 atom stereocenters. The highest BCUT2D eigenvalue weighted by atomic mass is 35.5. The molecule has 0 aliphatic heterocycles. The summed E-state index contributed by atoms with van der Waals surface area (Å²) in [6.07, 6.45) is 0.514. The van der Waals surface area contributed by atoms with E-state index in [2.05, 4.69) is 4.98 Å². The van der Waals surface area contributed by atoms with Gasteiger partial charge in [0.1, 0.15) is 5.15 Å². The number of nitrogens with zero attached hydrogens (tertiary/aromatic N) is 1. The molecule has 0 aliphatic carbocycles. The quantitative estimate of drug-likeness (QED) is 0.818. The molecule has 1 heterocycles. The third-order valence-electron chi connectivity index (χ3n) is 1.31. The number of thiazole rings is 1. The first-order valence-corrected chi connectivity index (χ1v) is 4.88. The molecular weight excluding hydrogens is 219 g/mol. The lowest BCUT2D eigenvalue weighted by atomic mass is 10.2. The van der Waals surface area contributed by atoms with E-state index in [1.807, 2.05) is 0 Å². The largest absolute Gasteiger partial charge is 0.395 e. The molecule has 0 saturated heterocycles. The lowest BCUT2D eigenvalue weighted by Crippen LogP contribution is -2.26. The van der Waals surface area contributed by atoms with E-state index in [1.54, 1.807) is 0 Å². The first-order valence-electron chi connectivity index (χ1n) is 3.30. The summed E-state index contributed by atoms with van der Waals surface area (Å²) in [6.45, 7) is -0.0636. The average molecular weight is 227 g/mol. The minimum atomic E-state index is -0.293. The Labute approximate surface area is 84.1 Å². The van der Waals surface area contributed by atoms with E-state index in [4.69, 9.17) is 34.0 Å². The average Bonchev–Trinajstić information content (AvgIpc) is 2.30. The van der Waals surface area contributed by atoms with Crippen molar-refractivity contribution in [3.8, 4) is 0 Å². The summed E-state index contributed by atoms with van der Waals surface area (Å²) in [5, 5.41) is 9.06. The van der Waals surface area contributed by atoms with Crippen molar-refractivity contribution in [3.63, 3.8) is 0 Å². The van der Waals surface area contributed by atoms with Gasteiger partial charge in [-0.2, -0.15) is 0 Å². The van der Waals surface area contributed by atoms with Crippen LogP contribution in [0.3, 0.4) is 0 Å². The summed E-state index contributed by atoms with van der Waals surface area (Å²) >= 11 is 12.6. The Kier molecular flexibility index (Phi) is 3.74. The molecule has 12 heavy (non-hydrogen) atoms. The van der Waals surface area contributed by atoms with Crippen LogP contribution < -0.4 is 5.73 Å². The van der Waals surface area contributed by atoms with Gasteiger partial charge in [0.25, 0.3) is 0 Å². The van der Waals surface area contributed by atoms with E-state index in [1.165, 1.54) is 11.3 Å². The molecule has 6 heteroatoms. The molecule has 0 spiro atoms. The Morgan fingerprint density at radius 2 is 2.25 bits per heavy atom. The first kappa shape index (κ1) is 10.2. The monoisotopic (exact) mass is 226 g/mol. The molecule has 0 saturated carbocycles. The van der Waals surface area contributed by atoms with Crippen LogP contribution in [-0.2, 0) is 6.42 Å². The van der Waals surface area contributed by atoms with E-state index in [9.17, 15) is 0 Å². The van der Waals surface area contributed by atoms with E-state index < -0.39 is 0 Å². The number of hydrogen-bond donors (Lipinski definition) is 2. The second kappa shape index (κ2) is 4.39. The van der Waals surface area contributed by atoms with Crippen molar-refractivity contribution < 1.29 is 5.11 Å². The van der Waals surface area contributed by atoms with Crippen LogP contribution in [0.2, 0.25) is 9.62 Å². The standard InChI is InChI=1S/C6H8Cl2N2OS/c7-5-4(1-3(9)2-11)12-6(8)10-5/h3,11H,1-2,9H2. The number of aliphatic hydroxyl groups is 1. The van der Waals surface area contributed by atoms with E-state index in [0.29, 0.717) is 16.0 Å². The maximum Gasteiger partial charge on any atom is 0.185 e. The van der Waals surface area contributed by atoms with Gasteiger partial charge in [0, 0.05) is 17.3 Å². The molecule has 0 aliphatic rings. The second-order valence-electron chi connectivity index (χ2n) is 2.33. The van der Waals surface area contributed by atoms with Gasteiger partial charge in [-0.3, -0.25) is 0 Å². The van der Waals surface area contributed by atoms with Gasteiger partial charge in [-0.1, -0.05) is 23.2 Å². The fourth-order valence-electron chi connectivity index (χ4n) is 0.735. The summed E-state index contributed by atoms with van der Waals surface area (Å²) in [7, 11) is 0. The summed E-state index contributed by atoms with van der Waals surface area (Å²) in [5.74, 6) is 0. The van der Waals surface area contributed by atoms with Gasteiger partial charge in [0.2, 0.25) is 0 Å². The summed E-state index contributed by atoms with van der Waals surface area (Å²) in [5.41, 5.74) is 5.51. The van der Waals surface area contributed by atoms with Gasteiger partial charge in [-0.15, -0.1) is 11.3 Å². The van der Waals surface area contributed by atoms with Crippen LogP contribution in [0.5, 0.6) is 0 Å². The molecule has 3 N–H and O–H groups in total. The topological polar surface area (TPSA) is 59.1 Å². The Balaban J connectivity index is 2.68. The fourth-order valence-corrected chi connectivity index (χ4v) is 2.24. The third-order valence-corrected chi connectivity index (χ3v) is 2.91. The van der Waals surface area contributed by atoms with Crippen molar-refractivity contribution >= 4 is 34.5 Å². The second-order valence-corrected chi connectivity index (χ2v) is 4.35. The zero-order valence-electron chi connectivity index (χ0n) is 6.13. The van der Waals surface area contributed by atoms with Gasteiger partial charge in [-0.25, -0.2) is 4.98 Å². The molecule has 0 fully saturated rings. The molecule has 3 nitrogen and oxygen atoms in total. The van der Waals surface area contributed by atoms with E-state index in [0.717, 1.165) is 4.88 Å². The molecule has 1 rings (SSSR count). The highest BCUT2D eigenvalue weighted by molar-refractivity contribution is 7.16. The number of rotatable bonds is 3. The van der Waals surface area contributed by atoms with Crippen LogP contribution in [0.25, 0.3) is 0 Å². The Bertz CT molecular complexity index is 266. The molecule has 0 bridgehead atoms. The highest BCUT2D eigenvalue weighted by Gasteiger charge is 2.11. The number of aliphatic hydroxyl groups excluding tert-OH is 1. The lowest BCUT2D eigenvalue weighted by molar-refractivity contribution is 0.265. The highest BCUT2D eigenvalue weighted by Crippen LogP contribution is 2.27. The predicted octanol–water partition coefficient (Wildman–Crippen LogP) is 1.31. The van der Waals surface area contributed by atoms with Crippen LogP contribution in [0.4, 0.5) is 0 Å². The number of aromatic nitrogens is 1. The van der Waals surface area contributed by atoms with E-state index >= 15 is 0 Å². The maximum absolute atomic E-state index is 8.68. The SMILES string of the molecule is NC(CO)Cc1sc(Cl)nc1Cl. The van der Waals surface area contributed by atoms with Crippen LogP contribution in [-0.4, -0.2) is 22.7 Å². The van der Waals surface area contributed by atoms with Crippen molar-refractivity contribution in [1.82, 2.24) is 4.98 Å². The predicted molar refractivity (Wildman–Crippen MR) is 50.9 cm³/mol. The van der Waals surface area contributed by atoms with Crippen LogP contribution in [0, 0.1) is 0 Å². The molecule has 1 aromatic heterocycles. The number of hydrogen-bond acceptors (Lipinski definition) is 4. The lowest BCUT2D eigenvalue weighted by Gasteiger charge is -2.04. The third kappa shape index (κ3) is 2.57. The van der Waals surface area contributed by atoms with Crippen LogP contribution >= 0.6 is 34.5 Å². The fraction of sp³-hybridized carbons (Fsp3) is 0.500. The Morgan fingerprint density at radius 3 is 2.67 bits per heavy atom. The Hall–Kier alpha value is 0.130.